The van der Waals surface area contributed by atoms with E-state index in [4.69, 9.17) is 9.84 Å². The third kappa shape index (κ3) is 4.59. The molecule has 0 aliphatic heterocycles. The van der Waals surface area contributed by atoms with Gasteiger partial charge in [-0.3, -0.25) is 4.79 Å². The van der Waals surface area contributed by atoms with Gasteiger partial charge in [-0.2, -0.15) is 0 Å². The topological polar surface area (TPSA) is 49.8 Å². The van der Waals surface area contributed by atoms with E-state index in [0.29, 0.717) is 31.2 Å². The van der Waals surface area contributed by atoms with Crippen LogP contribution in [0.5, 0.6) is 0 Å². The summed E-state index contributed by atoms with van der Waals surface area (Å²) in [5.74, 6) is 5.88. The van der Waals surface area contributed by atoms with Gasteiger partial charge in [-0.05, 0) is 31.0 Å². The number of rotatable bonds is 6. The number of hydrogen-bond acceptors (Lipinski definition) is 3. The summed E-state index contributed by atoms with van der Waals surface area (Å²) in [6, 6.07) is 7.71. The zero-order valence-electron chi connectivity index (χ0n) is 12.3. The number of carbonyl (C=O) groups is 1. The average Bonchev–Trinajstić information content (AvgIpc) is 3.33. The van der Waals surface area contributed by atoms with Gasteiger partial charge >= 0.3 is 0 Å². The summed E-state index contributed by atoms with van der Waals surface area (Å²) in [7, 11) is 1.65. The number of benzene rings is 1. The van der Waals surface area contributed by atoms with Crippen molar-refractivity contribution in [3.63, 3.8) is 0 Å². The average molecular weight is 287 g/mol. The van der Waals surface area contributed by atoms with Crippen molar-refractivity contribution in [2.45, 2.75) is 25.3 Å². The number of aliphatic hydroxyl groups is 1. The van der Waals surface area contributed by atoms with Crippen molar-refractivity contribution < 1.29 is 14.6 Å². The molecule has 0 aromatic heterocycles. The van der Waals surface area contributed by atoms with E-state index < -0.39 is 0 Å². The highest BCUT2D eigenvalue weighted by Crippen LogP contribution is 2.28. The van der Waals surface area contributed by atoms with Gasteiger partial charge in [-0.15, -0.1) is 0 Å². The molecule has 112 valence electrons. The van der Waals surface area contributed by atoms with Crippen LogP contribution >= 0.6 is 0 Å². The van der Waals surface area contributed by atoms with E-state index in [0.717, 1.165) is 18.4 Å². The molecule has 1 aliphatic rings. The summed E-state index contributed by atoms with van der Waals surface area (Å²) >= 11 is 0. The number of methoxy groups -OCH3 is 1. The SMILES string of the molecule is COCCN(C(=O)c1cccc(C#CCCO)c1)C1CC1. The van der Waals surface area contributed by atoms with Gasteiger partial charge in [-0.1, -0.05) is 17.9 Å². The minimum absolute atomic E-state index is 0.0420. The molecular formula is C17H21NO3. The van der Waals surface area contributed by atoms with Gasteiger partial charge in [-0.25, -0.2) is 0 Å². The molecule has 1 saturated carbocycles. The molecule has 1 aromatic carbocycles. The highest BCUT2D eigenvalue weighted by atomic mass is 16.5. The Bertz CT molecular complexity index is 540. The zero-order valence-corrected chi connectivity index (χ0v) is 12.3. The van der Waals surface area contributed by atoms with Crippen molar-refractivity contribution in [2.75, 3.05) is 26.9 Å². The molecule has 1 fully saturated rings. The van der Waals surface area contributed by atoms with Crippen LogP contribution in [-0.2, 0) is 4.74 Å². The van der Waals surface area contributed by atoms with Gasteiger partial charge < -0.3 is 14.7 Å². The van der Waals surface area contributed by atoms with Crippen molar-refractivity contribution in [1.82, 2.24) is 4.90 Å². The van der Waals surface area contributed by atoms with Crippen LogP contribution in [0.4, 0.5) is 0 Å². The molecule has 0 saturated heterocycles. The van der Waals surface area contributed by atoms with Crippen LogP contribution in [0.3, 0.4) is 0 Å². The van der Waals surface area contributed by atoms with E-state index in [1.54, 1.807) is 7.11 Å². The van der Waals surface area contributed by atoms with Gasteiger partial charge in [0.05, 0.1) is 13.2 Å². The minimum atomic E-state index is 0.0420. The second-order valence-electron chi connectivity index (χ2n) is 5.08. The predicted octanol–water partition coefficient (Wildman–Crippen LogP) is 1.67. The van der Waals surface area contributed by atoms with Gasteiger partial charge in [0.1, 0.15) is 0 Å². The molecule has 1 amide bonds. The van der Waals surface area contributed by atoms with Crippen LogP contribution in [-0.4, -0.2) is 48.8 Å². The van der Waals surface area contributed by atoms with E-state index in [2.05, 4.69) is 11.8 Å². The van der Waals surface area contributed by atoms with E-state index in [1.807, 2.05) is 29.2 Å². The van der Waals surface area contributed by atoms with E-state index in [9.17, 15) is 4.79 Å². The van der Waals surface area contributed by atoms with Crippen molar-refractivity contribution in [1.29, 1.82) is 0 Å². The highest BCUT2D eigenvalue weighted by Gasteiger charge is 2.32. The fourth-order valence-electron chi connectivity index (χ4n) is 2.14. The maximum Gasteiger partial charge on any atom is 0.254 e. The Kier molecular flexibility index (Phi) is 5.79. The largest absolute Gasteiger partial charge is 0.395 e. The van der Waals surface area contributed by atoms with Crippen LogP contribution in [0.15, 0.2) is 24.3 Å². The van der Waals surface area contributed by atoms with Crippen molar-refractivity contribution in [2.24, 2.45) is 0 Å². The molecular weight excluding hydrogens is 266 g/mol. The quantitative estimate of drug-likeness (QED) is 0.810. The summed E-state index contributed by atoms with van der Waals surface area (Å²) in [6.45, 7) is 1.23. The molecule has 4 heteroatoms. The van der Waals surface area contributed by atoms with Gasteiger partial charge in [0.2, 0.25) is 0 Å². The lowest BCUT2D eigenvalue weighted by Gasteiger charge is -2.22. The fraction of sp³-hybridized carbons (Fsp3) is 0.471. The number of aliphatic hydroxyl groups excluding tert-OH is 1. The molecule has 0 heterocycles. The monoisotopic (exact) mass is 287 g/mol. The highest BCUT2D eigenvalue weighted by molar-refractivity contribution is 5.95. The third-order valence-electron chi connectivity index (χ3n) is 3.36. The molecule has 2 rings (SSSR count). The maximum absolute atomic E-state index is 12.6. The standard InChI is InChI=1S/C17H21NO3/c1-21-12-10-18(16-8-9-16)17(20)15-7-4-6-14(13-15)5-2-3-11-19/h4,6-7,13,16,19H,3,8-12H2,1H3. The summed E-state index contributed by atoms with van der Waals surface area (Å²) < 4.78 is 5.09. The Morgan fingerprint density at radius 3 is 2.95 bits per heavy atom. The van der Waals surface area contributed by atoms with Crippen LogP contribution < -0.4 is 0 Å². The van der Waals surface area contributed by atoms with Gasteiger partial charge in [0.15, 0.2) is 0 Å². The Balaban J connectivity index is 2.10. The predicted molar refractivity (Wildman–Crippen MR) is 81.0 cm³/mol. The lowest BCUT2D eigenvalue weighted by molar-refractivity contribution is 0.0680. The van der Waals surface area contributed by atoms with Crippen LogP contribution in [0.25, 0.3) is 0 Å². The molecule has 0 spiro atoms. The summed E-state index contributed by atoms with van der Waals surface area (Å²) in [6.07, 6.45) is 2.59. The number of carbonyl (C=O) groups excluding carboxylic acids is 1. The number of hydrogen-bond donors (Lipinski definition) is 1. The first-order valence-electron chi connectivity index (χ1n) is 7.26. The zero-order chi connectivity index (χ0) is 15.1. The second-order valence-corrected chi connectivity index (χ2v) is 5.08. The summed E-state index contributed by atoms with van der Waals surface area (Å²) in [4.78, 5) is 14.5. The van der Waals surface area contributed by atoms with Crippen molar-refractivity contribution in [3.8, 4) is 11.8 Å². The smallest absolute Gasteiger partial charge is 0.254 e. The molecule has 0 radical (unpaired) electrons. The molecule has 4 nitrogen and oxygen atoms in total. The molecule has 1 aromatic rings. The second kappa shape index (κ2) is 7.82. The number of amides is 1. The first-order chi connectivity index (χ1) is 10.3. The normalized spacial score (nSPS) is 13.4. The molecule has 0 bridgehead atoms. The fourth-order valence-corrected chi connectivity index (χ4v) is 2.14. The van der Waals surface area contributed by atoms with Gasteiger partial charge in [0, 0.05) is 37.2 Å². The Labute approximate surface area is 125 Å². The minimum Gasteiger partial charge on any atom is -0.395 e. The lowest BCUT2D eigenvalue weighted by atomic mass is 10.1. The van der Waals surface area contributed by atoms with Crippen molar-refractivity contribution >= 4 is 5.91 Å². The van der Waals surface area contributed by atoms with E-state index in [-0.39, 0.29) is 12.5 Å². The summed E-state index contributed by atoms with van der Waals surface area (Å²) in [5.41, 5.74) is 1.46. The van der Waals surface area contributed by atoms with Gasteiger partial charge in [0.25, 0.3) is 5.91 Å². The Hall–Kier alpha value is -1.83. The molecule has 1 N–H and O–H groups in total. The Morgan fingerprint density at radius 2 is 2.29 bits per heavy atom. The third-order valence-corrected chi connectivity index (χ3v) is 3.36. The number of ether oxygens (including phenoxy) is 1. The van der Waals surface area contributed by atoms with Crippen molar-refractivity contribution in [3.05, 3.63) is 35.4 Å². The van der Waals surface area contributed by atoms with E-state index >= 15 is 0 Å². The number of nitrogens with zero attached hydrogens (tertiary/aromatic N) is 1. The maximum atomic E-state index is 12.6. The molecule has 21 heavy (non-hydrogen) atoms. The van der Waals surface area contributed by atoms with Crippen LogP contribution in [0.2, 0.25) is 0 Å². The first kappa shape index (κ1) is 15.6. The first-order valence-corrected chi connectivity index (χ1v) is 7.26. The molecule has 1 aliphatic carbocycles. The molecule has 0 unspecified atom stereocenters. The summed E-state index contributed by atoms with van der Waals surface area (Å²) in [5, 5.41) is 8.74. The molecule has 0 atom stereocenters. The van der Waals surface area contributed by atoms with Crippen LogP contribution in [0, 0.1) is 11.8 Å². The van der Waals surface area contributed by atoms with Crippen LogP contribution in [0.1, 0.15) is 35.2 Å². The lowest BCUT2D eigenvalue weighted by Crippen LogP contribution is -2.35. The van der Waals surface area contributed by atoms with E-state index in [1.165, 1.54) is 0 Å². The Morgan fingerprint density at radius 1 is 1.48 bits per heavy atom.